The third-order valence-corrected chi connectivity index (χ3v) is 8.30. The van der Waals surface area contributed by atoms with Gasteiger partial charge in [-0.15, -0.1) is 0 Å². The molecule has 1 saturated heterocycles. The summed E-state index contributed by atoms with van der Waals surface area (Å²) in [5.74, 6) is -0.0542. The van der Waals surface area contributed by atoms with Gasteiger partial charge in [-0.3, -0.25) is 4.79 Å². The average Bonchev–Trinajstić information content (AvgIpc) is 3.45. The number of nitrogens with two attached hydrogens (primary N) is 1. The lowest BCUT2D eigenvalue weighted by atomic mass is 9.97. The first-order valence-corrected chi connectivity index (χ1v) is 13.4. The van der Waals surface area contributed by atoms with Gasteiger partial charge in [0.05, 0.1) is 10.4 Å². The maximum Gasteiger partial charge on any atom is 0.253 e. The summed E-state index contributed by atoms with van der Waals surface area (Å²) >= 11 is 0. The fourth-order valence-electron chi connectivity index (χ4n) is 4.86. The van der Waals surface area contributed by atoms with Crippen molar-refractivity contribution in [3.05, 3.63) is 60.6 Å². The monoisotopic (exact) mass is 511 g/mol. The van der Waals surface area contributed by atoms with E-state index in [1.165, 1.54) is 18.3 Å². The SMILES string of the molecule is CC1CN(c2nccc(S(=O)(=O)c3cccc(OCC(C)(C)n4cccc4)n3)c2C(N)=O)C(C)(C)C1. The number of ether oxygens (including phenoxy) is 1. The third kappa shape index (κ3) is 4.82. The Morgan fingerprint density at radius 3 is 2.50 bits per heavy atom. The van der Waals surface area contributed by atoms with Crippen molar-refractivity contribution in [1.29, 1.82) is 0 Å². The second kappa shape index (κ2) is 9.24. The van der Waals surface area contributed by atoms with Crippen molar-refractivity contribution in [1.82, 2.24) is 14.5 Å². The molecule has 1 unspecified atom stereocenters. The number of carbonyl (C=O) groups is 1. The zero-order valence-corrected chi connectivity index (χ0v) is 22.1. The highest BCUT2D eigenvalue weighted by Gasteiger charge is 2.40. The molecule has 3 aromatic rings. The summed E-state index contributed by atoms with van der Waals surface area (Å²) in [4.78, 5) is 23.0. The molecule has 1 atom stereocenters. The number of amides is 1. The lowest BCUT2D eigenvalue weighted by Gasteiger charge is -2.33. The number of sulfone groups is 1. The molecule has 1 aliphatic rings. The summed E-state index contributed by atoms with van der Waals surface area (Å²) in [6, 6.07) is 9.70. The number of carbonyl (C=O) groups excluding carboxylic acids is 1. The minimum absolute atomic E-state index is 0.124. The number of pyridine rings is 2. The Hall–Kier alpha value is -3.40. The van der Waals surface area contributed by atoms with Crippen molar-refractivity contribution in [3.63, 3.8) is 0 Å². The Morgan fingerprint density at radius 1 is 1.19 bits per heavy atom. The van der Waals surface area contributed by atoms with Crippen LogP contribution in [-0.4, -0.2) is 47.6 Å². The van der Waals surface area contributed by atoms with E-state index in [4.69, 9.17) is 10.5 Å². The van der Waals surface area contributed by atoms with Gasteiger partial charge in [-0.2, -0.15) is 0 Å². The molecule has 0 bridgehead atoms. The van der Waals surface area contributed by atoms with Crippen LogP contribution in [0.3, 0.4) is 0 Å². The summed E-state index contributed by atoms with van der Waals surface area (Å²) in [6.07, 6.45) is 6.15. The van der Waals surface area contributed by atoms with Gasteiger partial charge in [0.2, 0.25) is 15.7 Å². The first-order valence-electron chi connectivity index (χ1n) is 11.9. The highest BCUT2D eigenvalue weighted by Crippen LogP contribution is 2.39. The van der Waals surface area contributed by atoms with Gasteiger partial charge in [-0.1, -0.05) is 13.0 Å². The normalized spacial score (nSPS) is 17.8. The molecule has 2 N–H and O–H groups in total. The van der Waals surface area contributed by atoms with Crippen LogP contribution in [0.15, 0.2) is 64.9 Å². The van der Waals surface area contributed by atoms with Crippen molar-refractivity contribution in [2.45, 2.75) is 62.0 Å². The molecule has 0 aromatic carbocycles. The van der Waals surface area contributed by atoms with Crippen LogP contribution in [0, 0.1) is 5.92 Å². The third-order valence-electron chi connectivity index (χ3n) is 6.61. The van der Waals surface area contributed by atoms with Gasteiger partial charge in [0, 0.05) is 36.7 Å². The molecular formula is C26H33N5O4S. The molecule has 0 aliphatic carbocycles. The molecule has 10 heteroatoms. The molecule has 3 aromatic heterocycles. The predicted molar refractivity (Wildman–Crippen MR) is 137 cm³/mol. The van der Waals surface area contributed by atoms with E-state index in [2.05, 4.69) is 16.9 Å². The quantitative estimate of drug-likeness (QED) is 0.490. The zero-order chi connectivity index (χ0) is 26.3. The first kappa shape index (κ1) is 25.7. The molecule has 0 spiro atoms. The molecule has 4 heterocycles. The topological polar surface area (TPSA) is 120 Å². The van der Waals surface area contributed by atoms with Crippen molar-refractivity contribution in [2.24, 2.45) is 11.7 Å². The first-order chi connectivity index (χ1) is 16.8. The molecule has 0 radical (unpaired) electrons. The molecule has 9 nitrogen and oxygen atoms in total. The molecule has 1 amide bonds. The molecule has 4 rings (SSSR count). The van der Waals surface area contributed by atoms with Gasteiger partial charge < -0.3 is 19.9 Å². The Kier molecular flexibility index (Phi) is 6.59. The van der Waals surface area contributed by atoms with E-state index in [1.807, 2.05) is 61.7 Å². The van der Waals surface area contributed by atoms with Gasteiger partial charge in [-0.25, -0.2) is 18.4 Å². The second-order valence-corrected chi connectivity index (χ2v) is 12.5. The van der Waals surface area contributed by atoms with E-state index in [1.54, 1.807) is 12.1 Å². The molecule has 1 fully saturated rings. The molecule has 0 saturated carbocycles. The Balaban J connectivity index is 1.70. The number of aromatic nitrogens is 3. The van der Waals surface area contributed by atoms with Crippen molar-refractivity contribution in [2.75, 3.05) is 18.1 Å². The summed E-state index contributed by atoms with van der Waals surface area (Å²) in [7, 11) is -4.20. The minimum Gasteiger partial charge on any atom is -0.475 e. The number of hydrogen-bond acceptors (Lipinski definition) is 7. The average molecular weight is 512 g/mol. The number of nitrogens with zero attached hydrogens (tertiary/aromatic N) is 4. The van der Waals surface area contributed by atoms with E-state index in [9.17, 15) is 13.2 Å². The largest absolute Gasteiger partial charge is 0.475 e. The molecule has 1 aliphatic heterocycles. The van der Waals surface area contributed by atoms with E-state index in [0.29, 0.717) is 12.5 Å². The Morgan fingerprint density at radius 2 is 1.89 bits per heavy atom. The second-order valence-electron chi connectivity index (χ2n) is 10.6. The van der Waals surface area contributed by atoms with Gasteiger partial charge >= 0.3 is 0 Å². The Bertz CT molecular complexity index is 1370. The van der Waals surface area contributed by atoms with Crippen LogP contribution in [-0.2, 0) is 15.4 Å². The van der Waals surface area contributed by atoms with Crippen LogP contribution in [0.2, 0.25) is 0 Å². The summed E-state index contributed by atoms with van der Waals surface area (Å²) in [6.45, 7) is 11.1. The van der Waals surface area contributed by atoms with Crippen LogP contribution in [0.25, 0.3) is 0 Å². The van der Waals surface area contributed by atoms with Crippen LogP contribution in [0.1, 0.15) is 51.4 Å². The molecule has 192 valence electrons. The predicted octanol–water partition coefficient (Wildman–Crippen LogP) is 3.65. The van der Waals surface area contributed by atoms with Crippen LogP contribution in [0.5, 0.6) is 5.88 Å². The highest BCUT2D eigenvalue weighted by atomic mass is 32.2. The van der Waals surface area contributed by atoms with E-state index >= 15 is 0 Å². The number of hydrogen-bond donors (Lipinski definition) is 1. The van der Waals surface area contributed by atoms with E-state index in [-0.39, 0.29) is 44.9 Å². The maximum atomic E-state index is 13.7. The summed E-state index contributed by atoms with van der Waals surface area (Å²) in [5.41, 5.74) is 4.93. The smallest absolute Gasteiger partial charge is 0.253 e. The van der Waals surface area contributed by atoms with Crippen molar-refractivity contribution in [3.8, 4) is 5.88 Å². The standard InChI is InChI=1S/C26H33N5O4S/c1-18-15-25(2,3)31(16-18)24-22(23(27)32)19(11-12-28-24)36(33,34)21-10-8-9-20(29-21)35-17-26(4,5)30-13-6-7-14-30/h6-14,18H,15-17H2,1-5H3,(H2,27,32). The van der Waals surface area contributed by atoms with Crippen molar-refractivity contribution >= 4 is 21.6 Å². The molecular weight excluding hydrogens is 478 g/mol. The van der Waals surface area contributed by atoms with Gasteiger partial charge in [-0.05, 0) is 64.3 Å². The zero-order valence-electron chi connectivity index (χ0n) is 21.3. The van der Waals surface area contributed by atoms with Crippen LogP contribution >= 0.6 is 0 Å². The summed E-state index contributed by atoms with van der Waals surface area (Å²) < 4.78 is 35.3. The minimum atomic E-state index is -4.20. The van der Waals surface area contributed by atoms with Gasteiger partial charge in [0.15, 0.2) is 5.03 Å². The summed E-state index contributed by atoms with van der Waals surface area (Å²) in [5, 5.41) is -0.229. The molecule has 36 heavy (non-hydrogen) atoms. The van der Waals surface area contributed by atoms with E-state index < -0.39 is 15.7 Å². The van der Waals surface area contributed by atoms with E-state index in [0.717, 1.165) is 6.42 Å². The highest BCUT2D eigenvalue weighted by molar-refractivity contribution is 7.91. The Labute approximate surface area is 212 Å². The number of rotatable bonds is 8. The fourth-order valence-corrected chi connectivity index (χ4v) is 6.25. The van der Waals surface area contributed by atoms with Gasteiger partial charge in [0.25, 0.3) is 5.91 Å². The van der Waals surface area contributed by atoms with Crippen molar-refractivity contribution < 1.29 is 17.9 Å². The maximum absolute atomic E-state index is 13.7. The lowest BCUT2D eigenvalue weighted by molar-refractivity contribution is 0.0997. The lowest BCUT2D eigenvalue weighted by Crippen LogP contribution is -2.40. The van der Waals surface area contributed by atoms with Gasteiger partial charge in [0.1, 0.15) is 18.0 Å². The fraction of sp³-hybridized carbons (Fsp3) is 0.423. The van der Waals surface area contributed by atoms with Crippen LogP contribution < -0.4 is 15.4 Å². The van der Waals surface area contributed by atoms with Crippen LogP contribution in [0.4, 0.5) is 5.82 Å². The number of primary amides is 1. The number of anilines is 1.